The van der Waals surface area contributed by atoms with Gasteiger partial charge in [-0.1, -0.05) is 12.1 Å². The van der Waals surface area contributed by atoms with Crippen molar-refractivity contribution in [1.29, 1.82) is 0 Å². The van der Waals surface area contributed by atoms with Gasteiger partial charge in [0.1, 0.15) is 0 Å². The normalized spacial score (nSPS) is 10.6. The number of benzene rings is 1. The van der Waals surface area contributed by atoms with Gasteiger partial charge in [0.05, 0.1) is 11.9 Å². The molecular weight excluding hydrogens is 245 g/mol. The number of aromatic nitrogens is 1. The quantitative estimate of drug-likeness (QED) is 0.504. The Morgan fingerprint density at radius 1 is 1.21 bits per heavy atom. The SMILES string of the molecule is Nc1ccc(/C=C/C(=O)Nc2ccc(F)nc2)cc1. The summed E-state index contributed by atoms with van der Waals surface area (Å²) in [5.41, 5.74) is 7.52. The fourth-order valence-corrected chi connectivity index (χ4v) is 1.41. The molecule has 0 saturated carbocycles. The van der Waals surface area contributed by atoms with Gasteiger partial charge in [-0.2, -0.15) is 4.39 Å². The zero-order chi connectivity index (χ0) is 13.7. The zero-order valence-corrected chi connectivity index (χ0v) is 10.0. The number of nitrogen functional groups attached to an aromatic ring is 1. The first-order valence-corrected chi connectivity index (χ1v) is 5.59. The van der Waals surface area contributed by atoms with Crippen LogP contribution in [-0.2, 0) is 4.79 Å². The molecule has 3 N–H and O–H groups in total. The van der Waals surface area contributed by atoms with Gasteiger partial charge in [0.25, 0.3) is 0 Å². The lowest BCUT2D eigenvalue weighted by Crippen LogP contribution is -2.07. The molecule has 0 unspecified atom stereocenters. The molecule has 0 radical (unpaired) electrons. The van der Waals surface area contributed by atoms with Crippen molar-refractivity contribution in [2.24, 2.45) is 0 Å². The molecule has 19 heavy (non-hydrogen) atoms. The summed E-state index contributed by atoms with van der Waals surface area (Å²) in [6, 6.07) is 9.73. The van der Waals surface area contributed by atoms with E-state index in [9.17, 15) is 9.18 Å². The molecule has 0 aliphatic rings. The lowest BCUT2D eigenvalue weighted by atomic mass is 10.2. The van der Waals surface area contributed by atoms with Crippen LogP contribution in [0.5, 0.6) is 0 Å². The summed E-state index contributed by atoms with van der Waals surface area (Å²) in [7, 11) is 0. The topological polar surface area (TPSA) is 68.0 Å². The predicted molar refractivity (Wildman–Crippen MR) is 72.7 cm³/mol. The number of amides is 1. The smallest absolute Gasteiger partial charge is 0.248 e. The minimum absolute atomic E-state index is 0.315. The van der Waals surface area contributed by atoms with Crippen molar-refractivity contribution >= 4 is 23.4 Å². The Morgan fingerprint density at radius 2 is 1.95 bits per heavy atom. The second kappa shape index (κ2) is 5.77. The molecule has 0 fully saturated rings. The molecule has 1 amide bonds. The molecule has 0 spiro atoms. The first kappa shape index (κ1) is 12.8. The number of hydrogen-bond donors (Lipinski definition) is 2. The highest BCUT2D eigenvalue weighted by atomic mass is 19.1. The molecule has 2 aromatic rings. The van der Waals surface area contributed by atoms with Gasteiger partial charge in [0, 0.05) is 11.8 Å². The number of carbonyl (C=O) groups excluding carboxylic acids is 1. The third-order valence-electron chi connectivity index (χ3n) is 2.36. The second-order valence-corrected chi connectivity index (χ2v) is 3.86. The van der Waals surface area contributed by atoms with Crippen molar-refractivity contribution in [1.82, 2.24) is 4.98 Å². The molecule has 4 nitrogen and oxygen atoms in total. The number of nitrogens with zero attached hydrogens (tertiary/aromatic N) is 1. The molecule has 0 saturated heterocycles. The van der Waals surface area contributed by atoms with Crippen LogP contribution in [0.15, 0.2) is 48.7 Å². The molecule has 0 atom stereocenters. The molecule has 0 aliphatic heterocycles. The third-order valence-corrected chi connectivity index (χ3v) is 2.36. The Labute approximate surface area is 109 Å². The maximum atomic E-state index is 12.6. The summed E-state index contributed by atoms with van der Waals surface area (Å²) >= 11 is 0. The first-order chi connectivity index (χ1) is 9.13. The Bertz CT molecular complexity index is 591. The number of nitrogens with two attached hydrogens (primary N) is 1. The van der Waals surface area contributed by atoms with Crippen LogP contribution in [-0.4, -0.2) is 10.9 Å². The minimum atomic E-state index is -0.588. The van der Waals surface area contributed by atoms with Gasteiger partial charge in [-0.05, 0) is 35.9 Å². The highest BCUT2D eigenvalue weighted by Gasteiger charge is 1.98. The number of carbonyl (C=O) groups is 1. The Morgan fingerprint density at radius 3 is 2.58 bits per heavy atom. The average Bonchev–Trinajstić information content (AvgIpc) is 2.41. The average molecular weight is 257 g/mol. The molecule has 1 aromatic carbocycles. The van der Waals surface area contributed by atoms with Crippen molar-refractivity contribution in [3.05, 3.63) is 60.2 Å². The van der Waals surface area contributed by atoms with Gasteiger partial charge < -0.3 is 11.1 Å². The summed E-state index contributed by atoms with van der Waals surface area (Å²) in [4.78, 5) is 15.0. The van der Waals surface area contributed by atoms with Crippen LogP contribution in [0, 0.1) is 5.95 Å². The number of pyridine rings is 1. The van der Waals surface area contributed by atoms with Crippen molar-refractivity contribution in [2.75, 3.05) is 11.1 Å². The van der Waals surface area contributed by atoms with E-state index >= 15 is 0 Å². The predicted octanol–water partition coefficient (Wildman–Crippen LogP) is 2.45. The molecule has 96 valence electrons. The van der Waals surface area contributed by atoms with Crippen molar-refractivity contribution in [2.45, 2.75) is 0 Å². The van der Waals surface area contributed by atoms with Gasteiger partial charge in [0.2, 0.25) is 11.9 Å². The van der Waals surface area contributed by atoms with Gasteiger partial charge in [0.15, 0.2) is 0 Å². The van der Waals surface area contributed by atoms with E-state index in [-0.39, 0.29) is 5.91 Å². The van der Waals surface area contributed by atoms with Crippen LogP contribution in [0.25, 0.3) is 6.08 Å². The standard InChI is InChI=1S/C14H12FN3O/c15-13-7-6-12(9-17-13)18-14(19)8-3-10-1-4-11(16)5-2-10/h1-9H,16H2,(H,18,19)/b8-3+. The number of halogens is 1. The molecule has 5 heteroatoms. The Hall–Kier alpha value is -2.69. The van der Waals surface area contributed by atoms with E-state index in [0.717, 1.165) is 5.56 Å². The highest BCUT2D eigenvalue weighted by Crippen LogP contribution is 2.08. The second-order valence-electron chi connectivity index (χ2n) is 3.86. The first-order valence-electron chi connectivity index (χ1n) is 5.59. The minimum Gasteiger partial charge on any atom is -0.399 e. The molecular formula is C14H12FN3O. The number of nitrogens with one attached hydrogen (secondary N) is 1. The van der Waals surface area contributed by atoms with Gasteiger partial charge in [-0.15, -0.1) is 0 Å². The van der Waals surface area contributed by atoms with E-state index in [4.69, 9.17) is 5.73 Å². The van der Waals surface area contributed by atoms with Crippen LogP contribution in [0.3, 0.4) is 0 Å². The van der Waals surface area contributed by atoms with Gasteiger partial charge >= 0.3 is 0 Å². The third kappa shape index (κ3) is 3.92. The van der Waals surface area contributed by atoms with Crippen LogP contribution in [0.1, 0.15) is 5.56 Å². The molecule has 0 aliphatic carbocycles. The summed E-state index contributed by atoms with van der Waals surface area (Å²) in [6.45, 7) is 0. The van der Waals surface area contributed by atoms with E-state index in [2.05, 4.69) is 10.3 Å². The molecule has 0 bridgehead atoms. The van der Waals surface area contributed by atoms with Crippen LogP contribution >= 0.6 is 0 Å². The van der Waals surface area contributed by atoms with Crippen LogP contribution in [0.2, 0.25) is 0 Å². The van der Waals surface area contributed by atoms with E-state index < -0.39 is 5.95 Å². The molecule has 1 heterocycles. The molecule has 2 rings (SSSR count). The summed E-state index contributed by atoms with van der Waals surface area (Å²) in [6.07, 6.45) is 4.30. The zero-order valence-electron chi connectivity index (χ0n) is 10.0. The fraction of sp³-hybridized carbons (Fsp3) is 0. The lowest BCUT2D eigenvalue weighted by Gasteiger charge is -2.00. The number of hydrogen-bond acceptors (Lipinski definition) is 3. The summed E-state index contributed by atoms with van der Waals surface area (Å²) < 4.78 is 12.6. The lowest BCUT2D eigenvalue weighted by molar-refractivity contribution is -0.111. The van der Waals surface area contributed by atoms with Crippen LogP contribution < -0.4 is 11.1 Å². The maximum Gasteiger partial charge on any atom is 0.248 e. The van der Waals surface area contributed by atoms with E-state index in [1.54, 1.807) is 30.3 Å². The van der Waals surface area contributed by atoms with E-state index in [0.29, 0.717) is 11.4 Å². The fourth-order valence-electron chi connectivity index (χ4n) is 1.41. The molecule has 1 aromatic heterocycles. The van der Waals surface area contributed by atoms with Gasteiger partial charge in [-0.25, -0.2) is 4.98 Å². The Kier molecular flexibility index (Phi) is 3.87. The highest BCUT2D eigenvalue weighted by molar-refractivity contribution is 6.01. The summed E-state index contributed by atoms with van der Waals surface area (Å²) in [5.74, 6) is -0.902. The van der Waals surface area contributed by atoms with Crippen molar-refractivity contribution < 1.29 is 9.18 Å². The monoisotopic (exact) mass is 257 g/mol. The van der Waals surface area contributed by atoms with E-state index in [1.165, 1.54) is 24.4 Å². The van der Waals surface area contributed by atoms with Crippen molar-refractivity contribution in [3.8, 4) is 0 Å². The van der Waals surface area contributed by atoms with E-state index in [1.807, 2.05) is 0 Å². The van der Waals surface area contributed by atoms with Crippen molar-refractivity contribution in [3.63, 3.8) is 0 Å². The summed E-state index contributed by atoms with van der Waals surface area (Å²) in [5, 5.41) is 2.57. The number of anilines is 2. The number of rotatable bonds is 3. The van der Waals surface area contributed by atoms with Gasteiger partial charge in [-0.3, -0.25) is 4.79 Å². The Balaban J connectivity index is 1.97. The maximum absolute atomic E-state index is 12.6. The van der Waals surface area contributed by atoms with Crippen LogP contribution in [0.4, 0.5) is 15.8 Å². The largest absolute Gasteiger partial charge is 0.399 e.